The quantitative estimate of drug-likeness (QED) is 0.368. The van der Waals surface area contributed by atoms with Crippen LogP contribution in [-0.2, 0) is 4.74 Å². The van der Waals surface area contributed by atoms with E-state index in [4.69, 9.17) is 20.4 Å². The summed E-state index contributed by atoms with van der Waals surface area (Å²) in [7, 11) is 0. The van der Waals surface area contributed by atoms with Crippen LogP contribution >= 0.6 is 0 Å². The summed E-state index contributed by atoms with van der Waals surface area (Å²) >= 11 is 0. The summed E-state index contributed by atoms with van der Waals surface area (Å²) in [6.45, 7) is -0.581. The van der Waals surface area contributed by atoms with E-state index in [2.05, 4.69) is 4.74 Å². The molecule has 6 heteroatoms. The average Bonchev–Trinajstić information content (AvgIpc) is 2.08. The number of rotatable bonds is 1. The third kappa shape index (κ3) is 1.57. The molecule has 0 aromatic carbocycles. The predicted octanol–water partition coefficient (Wildman–Crippen LogP) is -2.24. The van der Waals surface area contributed by atoms with Gasteiger partial charge in [-0.1, -0.05) is 0 Å². The third-order valence-corrected chi connectivity index (χ3v) is 1.82. The third-order valence-electron chi connectivity index (χ3n) is 1.82. The fourth-order valence-electron chi connectivity index (χ4n) is 1.06. The van der Waals surface area contributed by atoms with Gasteiger partial charge in [-0.05, 0) is 0 Å². The zero-order valence-corrected chi connectivity index (χ0v) is 6.17. The number of alkyl halides is 1. The van der Waals surface area contributed by atoms with Crippen LogP contribution < -0.4 is 0 Å². The maximum atomic E-state index is 12.7. The highest BCUT2D eigenvalue weighted by atomic mass is 19.1. The van der Waals surface area contributed by atoms with Crippen molar-refractivity contribution in [2.24, 2.45) is 0 Å². The number of ether oxygens (including phenoxy) is 1. The molecule has 1 fully saturated rings. The number of aliphatic hydroxyl groups excluding tert-OH is 4. The zero-order chi connectivity index (χ0) is 9.30. The molecular formula is C6H11FO5. The van der Waals surface area contributed by atoms with Crippen LogP contribution in [0.25, 0.3) is 0 Å². The Morgan fingerprint density at radius 2 is 1.75 bits per heavy atom. The maximum absolute atomic E-state index is 12.7. The van der Waals surface area contributed by atoms with Gasteiger partial charge < -0.3 is 25.2 Å². The minimum absolute atomic E-state index is 0.581. The average molecular weight is 182 g/mol. The highest BCUT2D eigenvalue weighted by Crippen LogP contribution is 2.21. The molecule has 1 aliphatic rings. The lowest BCUT2D eigenvalue weighted by molar-refractivity contribution is -0.271. The molecule has 0 saturated carbocycles. The molecule has 1 heterocycles. The monoisotopic (exact) mass is 182 g/mol. The smallest absolute Gasteiger partial charge is 0.189 e. The largest absolute Gasteiger partial charge is 0.394 e. The Bertz CT molecular complexity index is 150. The number of hydrogen-bond donors (Lipinski definition) is 4. The molecule has 0 unspecified atom stereocenters. The van der Waals surface area contributed by atoms with E-state index in [-0.39, 0.29) is 0 Å². The van der Waals surface area contributed by atoms with Crippen LogP contribution in [0.4, 0.5) is 4.39 Å². The van der Waals surface area contributed by atoms with Crippen LogP contribution in [0.5, 0.6) is 0 Å². The first kappa shape index (κ1) is 9.82. The molecule has 0 aromatic rings. The summed E-state index contributed by atoms with van der Waals surface area (Å²) in [6, 6.07) is 0. The molecule has 0 aromatic heterocycles. The number of aliphatic hydroxyl groups is 4. The SMILES string of the molecule is OC[C@H]1O[C@H](O)[C@@H](F)[C@@H](O)[C@@H]1O. The van der Waals surface area contributed by atoms with E-state index in [1.165, 1.54) is 0 Å². The van der Waals surface area contributed by atoms with E-state index in [0.29, 0.717) is 0 Å². The van der Waals surface area contributed by atoms with E-state index < -0.39 is 37.4 Å². The lowest BCUT2D eigenvalue weighted by atomic mass is 10.0. The van der Waals surface area contributed by atoms with Gasteiger partial charge in [0.15, 0.2) is 12.5 Å². The molecule has 12 heavy (non-hydrogen) atoms. The van der Waals surface area contributed by atoms with E-state index >= 15 is 0 Å². The lowest BCUT2D eigenvalue weighted by Gasteiger charge is -2.36. The van der Waals surface area contributed by atoms with E-state index in [1.807, 2.05) is 0 Å². The Morgan fingerprint density at radius 1 is 1.17 bits per heavy atom. The Morgan fingerprint density at radius 3 is 2.25 bits per heavy atom. The first-order valence-electron chi connectivity index (χ1n) is 3.52. The summed E-state index contributed by atoms with van der Waals surface area (Å²) in [5, 5.41) is 35.3. The molecule has 5 nitrogen and oxygen atoms in total. The van der Waals surface area contributed by atoms with E-state index in [0.717, 1.165) is 0 Å². The lowest BCUT2D eigenvalue weighted by Crippen LogP contribution is -2.56. The molecule has 1 rings (SSSR count). The summed E-state index contributed by atoms with van der Waals surface area (Å²) < 4.78 is 17.1. The van der Waals surface area contributed by atoms with Gasteiger partial charge in [0.05, 0.1) is 6.61 Å². The van der Waals surface area contributed by atoms with Crippen LogP contribution in [0.1, 0.15) is 0 Å². The molecule has 0 spiro atoms. The van der Waals surface area contributed by atoms with Crippen LogP contribution in [0, 0.1) is 0 Å². The molecule has 1 aliphatic heterocycles. The van der Waals surface area contributed by atoms with E-state index in [1.54, 1.807) is 0 Å². The molecular weight excluding hydrogens is 171 g/mol. The van der Waals surface area contributed by atoms with Gasteiger partial charge in [0.2, 0.25) is 0 Å². The van der Waals surface area contributed by atoms with Crippen LogP contribution in [-0.4, -0.2) is 57.8 Å². The van der Waals surface area contributed by atoms with Gasteiger partial charge in [-0.25, -0.2) is 4.39 Å². The van der Waals surface area contributed by atoms with Crippen molar-refractivity contribution in [2.75, 3.05) is 6.61 Å². The molecule has 0 radical (unpaired) electrons. The predicted molar refractivity (Wildman–Crippen MR) is 34.9 cm³/mol. The molecule has 4 N–H and O–H groups in total. The molecule has 1 saturated heterocycles. The Labute approximate surface area is 68.0 Å². The minimum Gasteiger partial charge on any atom is -0.394 e. The maximum Gasteiger partial charge on any atom is 0.189 e. The van der Waals surface area contributed by atoms with Crippen molar-refractivity contribution in [3.05, 3.63) is 0 Å². The summed E-state index contributed by atoms with van der Waals surface area (Å²) in [5.74, 6) is 0. The summed E-state index contributed by atoms with van der Waals surface area (Å²) in [4.78, 5) is 0. The van der Waals surface area contributed by atoms with Crippen molar-refractivity contribution in [1.29, 1.82) is 0 Å². The van der Waals surface area contributed by atoms with Gasteiger partial charge in [0.25, 0.3) is 0 Å². The zero-order valence-electron chi connectivity index (χ0n) is 6.17. The van der Waals surface area contributed by atoms with Crippen molar-refractivity contribution >= 4 is 0 Å². The molecule has 5 atom stereocenters. The van der Waals surface area contributed by atoms with Crippen molar-refractivity contribution < 1.29 is 29.6 Å². The Kier molecular flexibility index (Phi) is 2.97. The minimum atomic E-state index is -2.04. The Hall–Kier alpha value is -0.270. The van der Waals surface area contributed by atoms with Gasteiger partial charge in [-0.2, -0.15) is 0 Å². The van der Waals surface area contributed by atoms with Gasteiger partial charge in [0.1, 0.15) is 18.3 Å². The van der Waals surface area contributed by atoms with Gasteiger partial charge in [-0.3, -0.25) is 0 Å². The highest BCUT2D eigenvalue weighted by Gasteiger charge is 2.43. The second kappa shape index (κ2) is 3.63. The van der Waals surface area contributed by atoms with Crippen molar-refractivity contribution in [3.8, 4) is 0 Å². The standard InChI is InChI=1S/C6H11FO5/c7-3-5(10)4(9)2(1-8)12-6(3)11/h2-6,8-11H,1H2/t2-,3+,4-,5-,6+/m1/s1. The molecule has 0 aliphatic carbocycles. The number of halogens is 1. The molecule has 72 valence electrons. The first-order chi connectivity index (χ1) is 5.57. The van der Waals surface area contributed by atoms with Gasteiger partial charge >= 0.3 is 0 Å². The normalized spacial score (nSPS) is 49.2. The second-order valence-electron chi connectivity index (χ2n) is 2.67. The van der Waals surface area contributed by atoms with Crippen molar-refractivity contribution in [3.63, 3.8) is 0 Å². The molecule has 0 bridgehead atoms. The van der Waals surface area contributed by atoms with Gasteiger partial charge in [-0.15, -0.1) is 0 Å². The summed E-state index contributed by atoms with van der Waals surface area (Å²) in [6.07, 6.45) is -8.19. The fraction of sp³-hybridized carbons (Fsp3) is 1.00. The fourth-order valence-corrected chi connectivity index (χ4v) is 1.06. The van der Waals surface area contributed by atoms with Crippen molar-refractivity contribution in [2.45, 2.75) is 30.8 Å². The molecule has 0 amide bonds. The van der Waals surface area contributed by atoms with Gasteiger partial charge in [0, 0.05) is 0 Å². The summed E-state index contributed by atoms with van der Waals surface area (Å²) in [5.41, 5.74) is 0. The van der Waals surface area contributed by atoms with Crippen molar-refractivity contribution in [1.82, 2.24) is 0 Å². The highest BCUT2D eigenvalue weighted by molar-refractivity contribution is 4.88. The first-order valence-corrected chi connectivity index (χ1v) is 3.52. The number of hydrogen-bond acceptors (Lipinski definition) is 5. The second-order valence-corrected chi connectivity index (χ2v) is 2.67. The van der Waals surface area contributed by atoms with Crippen LogP contribution in [0.15, 0.2) is 0 Å². The topological polar surface area (TPSA) is 90.2 Å². The van der Waals surface area contributed by atoms with E-state index in [9.17, 15) is 4.39 Å². The van der Waals surface area contributed by atoms with Crippen LogP contribution in [0.2, 0.25) is 0 Å². The Balaban J connectivity index is 2.63. The van der Waals surface area contributed by atoms with Crippen LogP contribution in [0.3, 0.4) is 0 Å².